The van der Waals surface area contributed by atoms with Crippen LogP contribution in [0.2, 0.25) is 0 Å². The minimum absolute atomic E-state index is 0.260. The Hall–Kier alpha value is -1.92. The van der Waals surface area contributed by atoms with E-state index in [0.29, 0.717) is 14.6 Å². The molecule has 0 aliphatic rings. The van der Waals surface area contributed by atoms with E-state index in [1.165, 1.54) is 7.11 Å². The van der Waals surface area contributed by atoms with Crippen molar-refractivity contribution in [2.24, 2.45) is 10.8 Å². The van der Waals surface area contributed by atoms with Crippen LogP contribution in [-0.4, -0.2) is 24.6 Å². The van der Waals surface area contributed by atoms with Crippen molar-refractivity contribution in [3.05, 3.63) is 26.1 Å². The largest absolute Gasteiger partial charge is 0.465 e. The molecular weight excluding hydrogens is 406 g/mol. The zero-order chi connectivity index (χ0) is 16.2. The first-order chi connectivity index (χ1) is 9.83. The lowest BCUT2D eigenvalue weighted by Crippen LogP contribution is -2.22. The van der Waals surface area contributed by atoms with E-state index in [-0.39, 0.29) is 11.3 Å². The lowest BCUT2D eigenvalue weighted by Gasteiger charge is -2.13. The second-order valence-electron chi connectivity index (χ2n) is 3.83. The highest BCUT2D eigenvalue weighted by Crippen LogP contribution is 2.35. The molecule has 0 aromatic heterocycles. The molecule has 0 radical (unpaired) electrons. The first-order valence-corrected chi connectivity index (χ1v) is 7.07. The van der Waals surface area contributed by atoms with Crippen molar-refractivity contribution < 1.29 is 9.53 Å². The summed E-state index contributed by atoms with van der Waals surface area (Å²) in [6, 6.07) is 3.40. The standard InChI is InChI=1S/C12H11Br2N5O2/c1-5-3-6(13)8(12(20)21-2)9(14)10(5)19-18-7(4-15)11(16)17/h3,19H,1-2H3,(H3,16,17)/b18-7+. The summed E-state index contributed by atoms with van der Waals surface area (Å²) in [5.41, 5.74) is 9.08. The van der Waals surface area contributed by atoms with E-state index < -0.39 is 11.8 Å². The van der Waals surface area contributed by atoms with E-state index in [9.17, 15) is 4.79 Å². The number of amidine groups is 1. The molecule has 0 aliphatic heterocycles. The summed E-state index contributed by atoms with van der Waals surface area (Å²) in [6.07, 6.45) is 0. The Balaban J connectivity index is 3.35. The monoisotopic (exact) mass is 415 g/mol. The Labute approximate surface area is 137 Å². The van der Waals surface area contributed by atoms with Crippen LogP contribution in [-0.2, 0) is 4.74 Å². The fourth-order valence-electron chi connectivity index (χ4n) is 1.42. The number of carbonyl (C=O) groups is 1. The third-order valence-corrected chi connectivity index (χ3v) is 3.86. The molecule has 9 heteroatoms. The van der Waals surface area contributed by atoms with E-state index in [2.05, 4.69) is 42.4 Å². The fraction of sp³-hybridized carbons (Fsp3) is 0.167. The predicted molar refractivity (Wildman–Crippen MR) is 86.5 cm³/mol. The van der Waals surface area contributed by atoms with Crippen LogP contribution in [0.4, 0.5) is 5.69 Å². The van der Waals surface area contributed by atoms with Crippen molar-refractivity contribution >= 4 is 55.1 Å². The van der Waals surface area contributed by atoms with Crippen molar-refractivity contribution in [2.45, 2.75) is 6.92 Å². The number of anilines is 1. The molecule has 4 N–H and O–H groups in total. The van der Waals surface area contributed by atoms with Crippen LogP contribution < -0.4 is 11.2 Å². The van der Waals surface area contributed by atoms with Crippen LogP contribution >= 0.6 is 31.9 Å². The van der Waals surface area contributed by atoms with Gasteiger partial charge in [0.15, 0.2) is 5.84 Å². The first kappa shape index (κ1) is 17.1. The number of halogens is 2. The SMILES string of the molecule is COC(=O)c1c(Br)cc(C)c(N/N=C(\C#N)C(=N)N)c1Br. The number of ether oxygens (including phenoxy) is 1. The van der Waals surface area contributed by atoms with Crippen molar-refractivity contribution in [3.63, 3.8) is 0 Å². The maximum atomic E-state index is 11.8. The number of hydrazone groups is 1. The van der Waals surface area contributed by atoms with Gasteiger partial charge in [-0.15, -0.1) is 0 Å². The van der Waals surface area contributed by atoms with Gasteiger partial charge in [0.05, 0.1) is 22.8 Å². The number of esters is 1. The number of nitrogens with one attached hydrogen (secondary N) is 2. The number of nitrogens with zero attached hydrogens (tertiary/aromatic N) is 2. The van der Waals surface area contributed by atoms with Crippen LogP contribution in [0.3, 0.4) is 0 Å². The Morgan fingerprint density at radius 2 is 2.19 bits per heavy atom. The number of rotatable bonds is 4. The molecule has 0 saturated heterocycles. The van der Waals surface area contributed by atoms with Gasteiger partial charge in [0.1, 0.15) is 6.07 Å². The van der Waals surface area contributed by atoms with E-state index in [0.717, 1.165) is 5.56 Å². The van der Waals surface area contributed by atoms with E-state index in [4.69, 9.17) is 21.1 Å². The average molecular weight is 417 g/mol. The molecule has 0 aliphatic carbocycles. The van der Waals surface area contributed by atoms with Crippen LogP contribution in [0.15, 0.2) is 20.1 Å². The highest BCUT2D eigenvalue weighted by molar-refractivity contribution is 9.11. The van der Waals surface area contributed by atoms with Crippen LogP contribution in [0.1, 0.15) is 15.9 Å². The molecule has 7 nitrogen and oxygen atoms in total. The molecule has 0 saturated carbocycles. The Morgan fingerprint density at radius 1 is 1.57 bits per heavy atom. The van der Waals surface area contributed by atoms with Gasteiger partial charge < -0.3 is 10.5 Å². The quantitative estimate of drug-likeness (QED) is 0.301. The summed E-state index contributed by atoms with van der Waals surface area (Å²) >= 11 is 6.59. The summed E-state index contributed by atoms with van der Waals surface area (Å²) < 4.78 is 5.69. The molecular formula is C12H11Br2N5O2. The predicted octanol–water partition coefficient (Wildman–Crippen LogP) is 2.53. The molecule has 0 fully saturated rings. The number of benzene rings is 1. The molecule has 21 heavy (non-hydrogen) atoms. The van der Waals surface area contributed by atoms with Gasteiger partial charge in [-0.2, -0.15) is 10.4 Å². The van der Waals surface area contributed by atoms with Crippen molar-refractivity contribution in [3.8, 4) is 6.07 Å². The van der Waals surface area contributed by atoms with Gasteiger partial charge in [0.25, 0.3) is 0 Å². The van der Waals surface area contributed by atoms with E-state index in [1.54, 1.807) is 19.1 Å². The summed E-state index contributed by atoms with van der Waals surface area (Å²) in [6.45, 7) is 1.79. The van der Waals surface area contributed by atoms with Crippen molar-refractivity contribution in [1.29, 1.82) is 10.7 Å². The molecule has 0 spiro atoms. The highest BCUT2D eigenvalue weighted by atomic mass is 79.9. The Bertz CT molecular complexity index is 679. The maximum Gasteiger partial charge on any atom is 0.340 e. The number of hydrogen-bond acceptors (Lipinski definition) is 6. The van der Waals surface area contributed by atoms with Gasteiger partial charge in [0, 0.05) is 4.47 Å². The van der Waals surface area contributed by atoms with Crippen LogP contribution in [0.5, 0.6) is 0 Å². The fourth-order valence-corrected chi connectivity index (χ4v) is 3.17. The van der Waals surface area contributed by atoms with Crippen molar-refractivity contribution in [2.75, 3.05) is 12.5 Å². The van der Waals surface area contributed by atoms with Crippen molar-refractivity contribution in [1.82, 2.24) is 0 Å². The maximum absolute atomic E-state index is 11.8. The molecule has 1 aromatic carbocycles. The molecule has 0 amide bonds. The molecule has 0 unspecified atom stereocenters. The van der Waals surface area contributed by atoms with E-state index >= 15 is 0 Å². The Morgan fingerprint density at radius 3 is 2.67 bits per heavy atom. The molecule has 1 rings (SSSR count). The van der Waals surface area contributed by atoms with Crippen LogP contribution in [0, 0.1) is 23.7 Å². The summed E-state index contributed by atoms with van der Waals surface area (Å²) in [5.74, 6) is -0.989. The molecule has 0 atom stereocenters. The zero-order valence-corrected chi connectivity index (χ0v) is 14.3. The third kappa shape index (κ3) is 3.80. The second-order valence-corrected chi connectivity index (χ2v) is 5.48. The lowest BCUT2D eigenvalue weighted by atomic mass is 10.1. The third-order valence-electron chi connectivity index (χ3n) is 2.45. The van der Waals surface area contributed by atoms with Gasteiger partial charge in [-0.05, 0) is 50.4 Å². The minimum atomic E-state index is -0.534. The van der Waals surface area contributed by atoms with Gasteiger partial charge in [-0.3, -0.25) is 10.8 Å². The Kier molecular flexibility index (Phi) is 5.87. The normalized spacial score (nSPS) is 10.7. The van der Waals surface area contributed by atoms with Gasteiger partial charge in [0.2, 0.25) is 5.71 Å². The molecule has 0 bridgehead atoms. The highest BCUT2D eigenvalue weighted by Gasteiger charge is 2.20. The van der Waals surface area contributed by atoms with Gasteiger partial charge in [-0.1, -0.05) is 0 Å². The lowest BCUT2D eigenvalue weighted by molar-refractivity contribution is 0.0598. The summed E-state index contributed by atoms with van der Waals surface area (Å²) in [5, 5.41) is 19.7. The second kappa shape index (κ2) is 7.19. The summed E-state index contributed by atoms with van der Waals surface area (Å²) in [7, 11) is 1.27. The average Bonchev–Trinajstić information content (AvgIpc) is 2.41. The number of methoxy groups -OCH3 is 1. The summed E-state index contributed by atoms with van der Waals surface area (Å²) in [4.78, 5) is 11.8. The molecule has 1 aromatic rings. The topological polar surface area (TPSA) is 124 Å². The van der Waals surface area contributed by atoms with Crippen LogP contribution in [0.25, 0.3) is 0 Å². The minimum Gasteiger partial charge on any atom is -0.465 e. The first-order valence-electron chi connectivity index (χ1n) is 5.48. The van der Waals surface area contributed by atoms with Gasteiger partial charge >= 0.3 is 5.97 Å². The number of aryl methyl sites for hydroxylation is 1. The number of carbonyl (C=O) groups excluding carboxylic acids is 1. The zero-order valence-electron chi connectivity index (χ0n) is 11.1. The number of nitrogens with two attached hydrogens (primary N) is 1. The number of hydrogen-bond donors (Lipinski definition) is 3. The number of nitriles is 1. The smallest absolute Gasteiger partial charge is 0.340 e. The van der Waals surface area contributed by atoms with E-state index in [1.807, 2.05) is 0 Å². The molecule has 110 valence electrons. The van der Waals surface area contributed by atoms with Gasteiger partial charge in [-0.25, -0.2) is 4.79 Å². The molecule has 0 heterocycles.